The Morgan fingerprint density at radius 2 is 2.13 bits per heavy atom. The highest BCUT2D eigenvalue weighted by molar-refractivity contribution is 7.94. The van der Waals surface area contributed by atoms with Crippen molar-refractivity contribution in [2.45, 2.75) is 10.6 Å². The summed E-state index contributed by atoms with van der Waals surface area (Å²) >= 11 is 0.973. The predicted octanol–water partition coefficient (Wildman–Crippen LogP) is 1.98. The van der Waals surface area contributed by atoms with Crippen LogP contribution in [0.25, 0.3) is 0 Å². The summed E-state index contributed by atoms with van der Waals surface area (Å²) in [5, 5.41) is 4.18. The summed E-state index contributed by atoms with van der Waals surface area (Å²) in [5.74, 6) is -0.892. The van der Waals surface area contributed by atoms with Gasteiger partial charge in [0.1, 0.15) is 5.75 Å². The van der Waals surface area contributed by atoms with E-state index in [4.69, 9.17) is 4.74 Å². The van der Waals surface area contributed by atoms with Gasteiger partial charge in [-0.25, -0.2) is 12.8 Å². The number of ether oxygens (including phenoxy) is 1. The molecular weight excluding hydrogens is 343 g/mol. The Morgan fingerprint density at radius 1 is 1.35 bits per heavy atom. The van der Waals surface area contributed by atoms with Crippen LogP contribution >= 0.6 is 11.3 Å². The summed E-state index contributed by atoms with van der Waals surface area (Å²) in [4.78, 5) is 11.7. The predicted molar refractivity (Wildman–Crippen MR) is 84.1 cm³/mol. The monoisotopic (exact) mass is 356 g/mol. The lowest BCUT2D eigenvalue weighted by Crippen LogP contribution is -2.32. The highest BCUT2D eigenvalue weighted by Gasteiger charge is 2.26. The molecule has 0 aliphatic carbocycles. The summed E-state index contributed by atoms with van der Waals surface area (Å²) in [7, 11) is -2.61. The number of methoxy groups -OCH3 is 1. The zero-order chi connectivity index (χ0) is 16.6. The Kier molecular flexibility index (Phi) is 3.99. The van der Waals surface area contributed by atoms with E-state index < -0.39 is 15.8 Å². The van der Waals surface area contributed by atoms with Gasteiger partial charge in [-0.1, -0.05) is 0 Å². The molecule has 1 aromatic carbocycles. The molecule has 0 atom stereocenters. The zero-order valence-corrected chi connectivity index (χ0v) is 13.7. The smallest absolute Gasteiger partial charge is 0.275 e. The van der Waals surface area contributed by atoms with Crippen LogP contribution in [0.3, 0.4) is 0 Å². The van der Waals surface area contributed by atoms with E-state index in [0.717, 1.165) is 11.3 Å². The minimum Gasteiger partial charge on any atom is -0.494 e. The molecule has 2 heterocycles. The molecule has 0 unspecified atom stereocenters. The summed E-state index contributed by atoms with van der Waals surface area (Å²) in [6.07, 6.45) is 0.310. The van der Waals surface area contributed by atoms with Gasteiger partial charge in [0.05, 0.1) is 12.8 Å². The Bertz CT molecular complexity index is 877. The molecule has 122 valence electrons. The highest BCUT2D eigenvalue weighted by Crippen LogP contribution is 2.32. The van der Waals surface area contributed by atoms with Crippen LogP contribution < -0.4 is 14.8 Å². The van der Waals surface area contributed by atoms with Gasteiger partial charge < -0.3 is 10.1 Å². The van der Waals surface area contributed by atoms with E-state index >= 15 is 0 Å². The molecule has 0 fully saturated rings. The first-order valence-electron chi connectivity index (χ1n) is 6.68. The number of carbonyl (C=O) groups excluding carboxylic acids is 1. The number of nitrogens with one attached hydrogen (secondary N) is 2. The van der Waals surface area contributed by atoms with Crippen LogP contribution in [-0.2, 0) is 16.4 Å². The van der Waals surface area contributed by atoms with Crippen molar-refractivity contribution in [3.63, 3.8) is 0 Å². The fourth-order valence-corrected chi connectivity index (χ4v) is 4.71. The van der Waals surface area contributed by atoms with Crippen molar-refractivity contribution in [3.05, 3.63) is 40.5 Å². The molecule has 0 radical (unpaired) electrons. The number of sulfonamides is 1. The van der Waals surface area contributed by atoms with Crippen molar-refractivity contribution >= 4 is 33.0 Å². The van der Waals surface area contributed by atoms with Crippen LogP contribution in [0.1, 0.15) is 15.9 Å². The minimum absolute atomic E-state index is 0.0325. The normalized spacial score (nSPS) is 14.1. The average Bonchev–Trinajstić information content (AvgIpc) is 3.00. The second-order valence-corrected chi connectivity index (χ2v) is 7.63. The van der Waals surface area contributed by atoms with Crippen LogP contribution in [0.4, 0.5) is 10.1 Å². The fraction of sp³-hybridized carbons (Fsp3) is 0.214. The molecule has 1 aliphatic heterocycles. The van der Waals surface area contributed by atoms with E-state index in [9.17, 15) is 17.6 Å². The summed E-state index contributed by atoms with van der Waals surface area (Å²) < 4.78 is 46.5. The van der Waals surface area contributed by atoms with Crippen LogP contribution in [0.5, 0.6) is 5.75 Å². The first kappa shape index (κ1) is 15.8. The molecule has 1 aliphatic rings. The number of fused-ring (bicyclic) bond motifs is 1. The van der Waals surface area contributed by atoms with Crippen LogP contribution in [-0.4, -0.2) is 28.0 Å². The Balaban J connectivity index is 1.99. The maximum absolute atomic E-state index is 14.5. The summed E-state index contributed by atoms with van der Waals surface area (Å²) in [6, 6.07) is 4.18. The third-order valence-electron chi connectivity index (χ3n) is 3.45. The molecule has 1 amide bonds. The number of hydrogen-bond acceptors (Lipinski definition) is 5. The maximum Gasteiger partial charge on any atom is 0.275 e. The van der Waals surface area contributed by atoms with E-state index in [0.29, 0.717) is 13.0 Å². The molecule has 0 bridgehead atoms. The first-order chi connectivity index (χ1) is 10.9. The molecule has 2 aromatic rings. The van der Waals surface area contributed by atoms with Crippen molar-refractivity contribution in [2.75, 3.05) is 18.4 Å². The van der Waals surface area contributed by atoms with Crippen molar-refractivity contribution in [3.8, 4) is 5.75 Å². The lowest BCUT2D eigenvalue weighted by atomic mass is 9.99. The quantitative estimate of drug-likeness (QED) is 0.877. The van der Waals surface area contributed by atoms with E-state index in [1.807, 2.05) is 0 Å². The van der Waals surface area contributed by atoms with Gasteiger partial charge in [0.15, 0.2) is 10.0 Å². The molecule has 0 spiro atoms. The molecule has 9 heteroatoms. The molecule has 23 heavy (non-hydrogen) atoms. The van der Waals surface area contributed by atoms with E-state index in [2.05, 4.69) is 10.0 Å². The second-order valence-electron chi connectivity index (χ2n) is 4.84. The number of anilines is 1. The molecule has 2 N–H and O–H groups in total. The summed E-state index contributed by atoms with van der Waals surface area (Å²) in [5.41, 5.74) is 0.256. The molecule has 0 saturated carbocycles. The van der Waals surface area contributed by atoms with Gasteiger partial charge in [-0.15, -0.1) is 11.3 Å². The van der Waals surface area contributed by atoms with Crippen molar-refractivity contribution in [2.24, 2.45) is 0 Å². The fourth-order valence-electron chi connectivity index (χ4n) is 2.38. The van der Waals surface area contributed by atoms with E-state index in [1.54, 1.807) is 5.38 Å². The highest BCUT2D eigenvalue weighted by atomic mass is 32.2. The van der Waals surface area contributed by atoms with Gasteiger partial charge in [-0.2, -0.15) is 0 Å². The van der Waals surface area contributed by atoms with Gasteiger partial charge in [-0.05, 0) is 30.0 Å². The zero-order valence-electron chi connectivity index (χ0n) is 12.1. The molecule has 6 nitrogen and oxygen atoms in total. The third-order valence-corrected chi connectivity index (χ3v) is 6.26. The number of amides is 1. The van der Waals surface area contributed by atoms with Gasteiger partial charge in [0.25, 0.3) is 15.9 Å². The summed E-state index contributed by atoms with van der Waals surface area (Å²) in [6.45, 7) is 0.317. The van der Waals surface area contributed by atoms with Crippen molar-refractivity contribution in [1.29, 1.82) is 0 Å². The van der Waals surface area contributed by atoms with Gasteiger partial charge >= 0.3 is 0 Å². The number of benzene rings is 1. The number of thiophene rings is 1. The first-order valence-corrected chi connectivity index (χ1v) is 9.04. The van der Waals surface area contributed by atoms with Crippen LogP contribution in [0, 0.1) is 5.82 Å². The topological polar surface area (TPSA) is 84.5 Å². The van der Waals surface area contributed by atoms with Crippen LogP contribution in [0.15, 0.2) is 27.8 Å². The lowest BCUT2D eigenvalue weighted by molar-refractivity contribution is 0.0945. The van der Waals surface area contributed by atoms with Crippen LogP contribution in [0.2, 0.25) is 0 Å². The third kappa shape index (κ3) is 2.77. The number of rotatable bonds is 4. The lowest BCUT2D eigenvalue weighted by Gasteiger charge is -2.19. The van der Waals surface area contributed by atoms with Gasteiger partial charge in [0.2, 0.25) is 0 Å². The minimum atomic E-state index is -3.97. The second kappa shape index (κ2) is 5.82. The Morgan fingerprint density at radius 3 is 2.87 bits per heavy atom. The maximum atomic E-state index is 14.5. The standard InChI is InChI=1S/C14H13FN2O4S2/c1-21-11-5-7-22-14(11)23(19,20)17-10-3-2-9-8(12(10)15)4-6-16-13(9)18/h2-3,5,7,17H,4,6H2,1H3,(H,16,18). The average molecular weight is 356 g/mol. The Labute approximate surface area is 136 Å². The largest absolute Gasteiger partial charge is 0.494 e. The van der Waals surface area contributed by atoms with E-state index in [1.165, 1.54) is 25.3 Å². The number of halogens is 1. The van der Waals surface area contributed by atoms with Crippen molar-refractivity contribution in [1.82, 2.24) is 5.32 Å². The van der Waals surface area contributed by atoms with E-state index in [-0.39, 0.29) is 32.7 Å². The molecule has 3 rings (SSSR count). The van der Waals surface area contributed by atoms with Gasteiger partial charge in [0, 0.05) is 17.7 Å². The number of hydrogen-bond donors (Lipinski definition) is 2. The molecular formula is C14H13FN2O4S2. The van der Waals surface area contributed by atoms with Crippen molar-refractivity contribution < 1.29 is 22.3 Å². The molecule has 1 aromatic heterocycles. The Hall–Kier alpha value is -2.13. The molecule has 0 saturated heterocycles. The number of carbonyl (C=O) groups is 1. The SMILES string of the molecule is COc1ccsc1S(=O)(=O)Nc1ccc2c(c1F)CCNC2=O. The van der Waals surface area contributed by atoms with Gasteiger partial charge in [-0.3, -0.25) is 9.52 Å².